The highest BCUT2D eigenvalue weighted by atomic mass is 32.2. The minimum Gasteiger partial charge on any atom is -0.381 e. The van der Waals surface area contributed by atoms with Gasteiger partial charge in [-0.25, -0.2) is 8.42 Å². The van der Waals surface area contributed by atoms with Crippen molar-refractivity contribution in [2.75, 3.05) is 52.7 Å². The third-order valence-corrected chi connectivity index (χ3v) is 9.29. The summed E-state index contributed by atoms with van der Waals surface area (Å²) in [5.41, 5.74) is 0. The summed E-state index contributed by atoms with van der Waals surface area (Å²) in [6.07, 6.45) is 11.7. The van der Waals surface area contributed by atoms with Gasteiger partial charge in [0.1, 0.15) is 0 Å². The quantitative estimate of drug-likeness (QED) is 0.496. The van der Waals surface area contributed by atoms with Crippen molar-refractivity contribution in [3.8, 4) is 0 Å². The number of hydrogen-bond acceptors (Lipinski definition) is 5. The van der Waals surface area contributed by atoms with E-state index in [1.54, 1.807) is 7.05 Å². The van der Waals surface area contributed by atoms with Crippen LogP contribution in [0.4, 0.5) is 0 Å². The molecule has 0 aromatic carbocycles. The molecule has 0 atom stereocenters. The summed E-state index contributed by atoms with van der Waals surface area (Å²) in [5.74, 6) is 1.61. The fraction of sp³-hybridized carbons (Fsp3) is 0.952. The third kappa shape index (κ3) is 6.31. The van der Waals surface area contributed by atoms with Crippen LogP contribution in [-0.4, -0.2) is 82.8 Å². The molecule has 29 heavy (non-hydrogen) atoms. The number of nitrogens with zero attached hydrogens (tertiary/aromatic N) is 2. The molecule has 0 radical (unpaired) electrons. The number of guanidine groups is 1. The molecule has 3 aliphatic rings. The van der Waals surface area contributed by atoms with Crippen LogP contribution in [0.15, 0.2) is 4.99 Å². The maximum absolute atomic E-state index is 12.4. The summed E-state index contributed by atoms with van der Waals surface area (Å²) in [6.45, 7) is 4.92. The number of nitrogens with one attached hydrogen (secondary N) is 2. The van der Waals surface area contributed by atoms with Crippen LogP contribution in [0.5, 0.6) is 0 Å². The Labute approximate surface area is 177 Å². The lowest BCUT2D eigenvalue weighted by Gasteiger charge is -2.37. The fourth-order valence-electron chi connectivity index (χ4n) is 5.05. The van der Waals surface area contributed by atoms with Gasteiger partial charge < -0.3 is 20.3 Å². The zero-order valence-electron chi connectivity index (χ0n) is 18.3. The first-order chi connectivity index (χ1) is 13.9. The second kappa shape index (κ2) is 10.4. The maximum Gasteiger partial charge on any atom is 0.191 e. The van der Waals surface area contributed by atoms with Crippen molar-refractivity contribution < 1.29 is 13.2 Å². The van der Waals surface area contributed by atoms with Gasteiger partial charge in [-0.05, 0) is 44.4 Å². The van der Waals surface area contributed by atoms with Crippen molar-refractivity contribution in [3.63, 3.8) is 0 Å². The minimum atomic E-state index is -3.18. The number of likely N-dealkylation sites (tertiary alicyclic amines) is 1. The topological polar surface area (TPSA) is 83.0 Å². The predicted molar refractivity (Wildman–Crippen MR) is 118 cm³/mol. The Morgan fingerprint density at radius 3 is 2.34 bits per heavy atom. The SMILES string of the molecule is CN=C(NCC1(S(C)(=O)=O)CCOCC1)NC1CCN(CC2CCCCC2)CC1. The lowest BCUT2D eigenvalue weighted by molar-refractivity contribution is 0.0756. The molecule has 3 fully saturated rings. The van der Waals surface area contributed by atoms with Crippen molar-refractivity contribution in [1.29, 1.82) is 0 Å². The Kier molecular flexibility index (Phi) is 8.22. The molecular formula is C21H40N4O3S. The van der Waals surface area contributed by atoms with Crippen molar-refractivity contribution in [2.24, 2.45) is 10.9 Å². The van der Waals surface area contributed by atoms with Gasteiger partial charge in [0.05, 0.1) is 4.75 Å². The molecule has 0 bridgehead atoms. The fourth-order valence-corrected chi connectivity index (χ4v) is 6.29. The van der Waals surface area contributed by atoms with E-state index in [1.165, 1.54) is 44.9 Å². The molecule has 0 aromatic rings. The number of sulfone groups is 1. The molecule has 7 nitrogen and oxygen atoms in total. The van der Waals surface area contributed by atoms with Crippen LogP contribution >= 0.6 is 0 Å². The largest absolute Gasteiger partial charge is 0.381 e. The lowest BCUT2D eigenvalue weighted by Crippen LogP contribution is -2.55. The van der Waals surface area contributed by atoms with E-state index in [0.717, 1.165) is 31.8 Å². The van der Waals surface area contributed by atoms with Gasteiger partial charge in [-0.3, -0.25) is 4.99 Å². The Morgan fingerprint density at radius 1 is 1.10 bits per heavy atom. The molecule has 3 rings (SSSR count). The molecule has 2 N–H and O–H groups in total. The zero-order chi connectivity index (χ0) is 20.7. The van der Waals surface area contributed by atoms with Gasteiger partial charge in [-0.2, -0.15) is 0 Å². The molecule has 0 unspecified atom stereocenters. The zero-order valence-corrected chi connectivity index (χ0v) is 19.1. The first-order valence-electron chi connectivity index (χ1n) is 11.4. The summed E-state index contributed by atoms with van der Waals surface area (Å²) in [6, 6.07) is 0.396. The standard InChI is InChI=1S/C21H40N4O3S/c1-22-20(23-17-21(29(2,26)27)10-14-28-15-11-21)24-19-8-12-25(13-9-19)16-18-6-4-3-5-7-18/h18-19H,3-17H2,1-2H3,(H2,22,23,24). The summed E-state index contributed by atoms with van der Waals surface area (Å²) in [4.78, 5) is 6.98. The normalized spacial score (nSPS) is 25.7. The number of piperidine rings is 1. The van der Waals surface area contributed by atoms with Gasteiger partial charge >= 0.3 is 0 Å². The van der Waals surface area contributed by atoms with Crippen LogP contribution in [0.25, 0.3) is 0 Å². The van der Waals surface area contributed by atoms with Crippen LogP contribution in [0.2, 0.25) is 0 Å². The van der Waals surface area contributed by atoms with Gasteiger partial charge in [0.15, 0.2) is 15.8 Å². The van der Waals surface area contributed by atoms with Crippen LogP contribution in [0, 0.1) is 5.92 Å². The molecule has 1 saturated carbocycles. The second-order valence-electron chi connectivity index (χ2n) is 9.22. The minimum absolute atomic E-state index is 0.384. The van der Waals surface area contributed by atoms with Crippen LogP contribution in [0.1, 0.15) is 57.8 Å². The molecule has 0 aromatic heterocycles. The van der Waals surface area contributed by atoms with Crippen molar-refractivity contribution in [2.45, 2.75) is 68.6 Å². The maximum atomic E-state index is 12.4. The van der Waals surface area contributed by atoms with Gasteiger partial charge in [0, 0.05) is 58.7 Å². The van der Waals surface area contributed by atoms with Gasteiger partial charge in [0.25, 0.3) is 0 Å². The monoisotopic (exact) mass is 428 g/mol. The first-order valence-corrected chi connectivity index (χ1v) is 13.3. The van der Waals surface area contributed by atoms with Crippen LogP contribution in [-0.2, 0) is 14.6 Å². The van der Waals surface area contributed by atoms with E-state index >= 15 is 0 Å². The second-order valence-corrected chi connectivity index (χ2v) is 11.6. The van der Waals surface area contributed by atoms with E-state index in [2.05, 4.69) is 20.5 Å². The molecular weight excluding hydrogens is 388 g/mol. The number of ether oxygens (including phenoxy) is 1. The smallest absolute Gasteiger partial charge is 0.191 e. The summed E-state index contributed by atoms with van der Waals surface area (Å²) in [5, 5.41) is 6.83. The van der Waals surface area contributed by atoms with Crippen LogP contribution < -0.4 is 10.6 Å². The lowest BCUT2D eigenvalue weighted by atomic mass is 9.88. The van der Waals surface area contributed by atoms with E-state index in [1.807, 2.05) is 0 Å². The van der Waals surface area contributed by atoms with Crippen molar-refractivity contribution >= 4 is 15.8 Å². The Hall–Kier alpha value is -0.860. The molecule has 0 spiro atoms. The van der Waals surface area contributed by atoms with Gasteiger partial charge in [-0.1, -0.05) is 19.3 Å². The van der Waals surface area contributed by atoms with E-state index in [4.69, 9.17) is 4.74 Å². The Morgan fingerprint density at radius 2 is 1.76 bits per heavy atom. The van der Waals surface area contributed by atoms with Crippen LogP contribution in [0.3, 0.4) is 0 Å². The summed E-state index contributed by atoms with van der Waals surface area (Å²) < 4.78 is 29.5. The third-order valence-electron chi connectivity index (χ3n) is 7.16. The number of hydrogen-bond donors (Lipinski definition) is 2. The summed E-state index contributed by atoms with van der Waals surface area (Å²) >= 11 is 0. The van der Waals surface area contributed by atoms with Gasteiger partial charge in [0.2, 0.25) is 0 Å². The molecule has 2 heterocycles. The van der Waals surface area contributed by atoms with E-state index in [-0.39, 0.29) is 0 Å². The van der Waals surface area contributed by atoms with E-state index in [9.17, 15) is 8.42 Å². The molecule has 1 aliphatic carbocycles. The highest BCUT2D eigenvalue weighted by molar-refractivity contribution is 7.92. The van der Waals surface area contributed by atoms with Gasteiger partial charge in [-0.15, -0.1) is 0 Å². The Bertz CT molecular complexity index is 632. The molecule has 168 valence electrons. The molecule has 2 saturated heterocycles. The number of aliphatic imine (C=N–C) groups is 1. The molecule has 2 aliphatic heterocycles. The summed E-state index contributed by atoms with van der Waals surface area (Å²) in [7, 11) is -1.42. The molecule has 0 amide bonds. The van der Waals surface area contributed by atoms with Crippen molar-refractivity contribution in [1.82, 2.24) is 15.5 Å². The van der Waals surface area contributed by atoms with Crippen molar-refractivity contribution in [3.05, 3.63) is 0 Å². The van der Waals surface area contributed by atoms with E-state index in [0.29, 0.717) is 44.6 Å². The Balaban J connectivity index is 1.44. The van der Waals surface area contributed by atoms with E-state index < -0.39 is 14.6 Å². The average Bonchev–Trinajstić information content (AvgIpc) is 2.73. The number of rotatable bonds is 6. The first kappa shape index (κ1) is 22.8. The molecule has 8 heteroatoms. The highest BCUT2D eigenvalue weighted by Crippen LogP contribution is 2.29. The predicted octanol–water partition coefficient (Wildman–Crippen LogP) is 1.79. The average molecular weight is 429 g/mol. The highest BCUT2D eigenvalue weighted by Gasteiger charge is 2.42.